The van der Waals surface area contributed by atoms with E-state index >= 15 is 0 Å². The molecule has 0 aromatic carbocycles. The summed E-state index contributed by atoms with van der Waals surface area (Å²) in [5.41, 5.74) is -0.0724. The summed E-state index contributed by atoms with van der Waals surface area (Å²) in [7, 11) is 1.44. The maximum Gasteiger partial charge on any atom is 0.222 e. The molecule has 1 aliphatic rings. The third-order valence-electron chi connectivity index (χ3n) is 2.11. The normalized spacial score (nSPS) is 33.5. The van der Waals surface area contributed by atoms with Gasteiger partial charge in [-0.05, 0) is 18.0 Å². The van der Waals surface area contributed by atoms with Gasteiger partial charge in [-0.2, -0.15) is 0 Å². The lowest BCUT2D eigenvalue weighted by molar-refractivity contribution is -0.127. The van der Waals surface area contributed by atoms with Gasteiger partial charge in [0.1, 0.15) is 0 Å². The summed E-state index contributed by atoms with van der Waals surface area (Å²) >= 11 is 0. The maximum atomic E-state index is 11.5. The van der Waals surface area contributed by atoms with Gasteiger partial charge in [0.15, 0.2) is 0 Å². The molecule has 68 valence electrons. The molecule has 0 N–H and O–H groups in total. The van der Waals surface area contributed by atoms with Gasteiger partial charge in [0.05, 0.1) is 12.9 Å². The molecular formula is C10H12N2O. The number of likely N-dealkylation sites (tertiary alicyclic amines) is 1. The van der Waals surface area contributed by atoms with Gasteiger partial charge in [0.2, 0.25) is 5.91 Å². The Bertz CT molecular complexity index is 535. The first-order valence-electron chi connectivity index (χ1n) is 6.50. The minimum Gasteiger partial charge on any atom is -0.339 e. The summed E-state index contributed by atoms with van der Waals surface area (Å²) in [6, 6.07) is -2.31. The van der Waals surface area contributed by atoms with Crippen LogP contribution in [0.5, 0.6) is 0 Å². The lowest BCUT2D eigenvalue weighted by atomic mass is 10.1. The largest absolute Gasteiger partial charge is 0.339 e. The molecule has 1 aromatic rings. The zero-order chi connectivity index (χ0) is 13.7. The van der Waals surface area contributed by atoms with Crippen LogP contribution in [0.15, 0.2) is 24.4 Å². The predicted octanol–water partition coefficient (Wildman–Crippen LogP) is 1.37. The Labute approximate surface area is 84.4 Å². The van der Waals surface area contributed by atoms with E-state index in [4.69, 9.17) is 6.85 Å². The molecule has 3 nitrogen and oxygen atoms in total. The van der Waals surface area contributed by atoms with E-state index in [0.717, 1.165) is 0 Å². The first-order chi connectivity index (χ1) is 8.29. The summed E-state index contributed by atoms with van der Waals surface area (Å²) < 4.78 is 38.7. The number of amides is 1. The summed E-state index contributed by atoms with van der Waals surface area (Å²) in [5.74, 6) is -0.231. The van der Waals surface area contributed by atoms with Crippen LogP contribution in [0.25, 0.3) is 0 Å². The zero-order valence-electron chi connectivity index (χ0n) is 12.2. The van der Waals surface area contributed by atoms with Gasteiger partial charge in [-0.15, -0.1) is 0 Å². The lowest BCUT2D eigenvalue weighted by Crippen LogP contribution is -2.22. The third kappa shape index (κ3) is 1.41. The zero-order valence-corrected chi connectivity index (χ0v) is 7.22. The number of pyridine rings is 1. The maximum absolute atomic E-state index is 11.5. The van der Waals surface area contributed by atoms with Crippen molar-refractivity contribution in [2.75, 3.05) is 7.05 Å². The number of carbonyl (C=O) groups excluding carboxylic acids is 1. The molecule has 0 unspecified atom stereocenters. The third-order valence-corrected chi connectivity index (χ3v) is 2.11. The molecule has 1 aromatic heterocycles. The molecule has 0 bridgehead atoms. The van der Waals surface area contributed by atoms with Crippen LogP contribution in [0.1, 0.15) is 31.3 Å². The quantitative estimate of drug-likeness (QED) is 0.655. The summed E-state index contributed by atoms with van der Waals surface area (Å²) in [6.07, 6.45) is -0.491. The molecule has 1 atom stereocenters. The van der Waals surface area contributed by atoms with Gasteiger partial charge < -0.3 is 4.90 Å². The second-order valence-corrected chi connectivity index (χ2v) is 2.86. The number of rotatable bonds is 1. The predicted molar refractivity (Wildman–Crippen MR) is 49.0 cm³/mol. The monoisotopic (exact) mass is 181 g/mol. The van der Waals surface area contributed by atoms with Gasteiger partial charge in [-0.25, -0.2) is 0 Å². The van der Waals surface area contributed by atoms with Crippen molar-refractivity contribution in [3.8, 4) is 0 Å². The molecule has 2 rings (SSSR count). The van der Waals surface area contributed by atoms with Gasteiger partial charge in [-0.1, -0.05) is 6.04 Å². The molecule has 0 aliphatic carbocycles. The van der Waals surface area contributed by atoms with E-state index in [-0.39, 0.29) is 36.5 Å². The Kier molecular flexibility index (Phi) is 1.03. The molecule has 13 heavy (non-hydrogen) atoms. The number of hydrogen-bond donors (Lipinski definition) is 0. The highest BCUT2D eigenvalue weighted by atomic mass is 16.2. The van der Waals surface area contributed by atoms with Crippen molar-refractivity contribution in [3.63, 3.8) is 0 Å². The Morgan fingerprint density at radius 3 is 3.38 bits per heavy atom. The van der Waals surface area contributed by atoms with Crippen molar-refractivity contribution in [2.24, 2.45) is 0 Å². The van der Waals surface area contributed by atoms with Gasteiger partial charge in [0, 0.05) is 25.8 Å². The van der Waals surface area contributed by atoms with Crippen LogP contribution < -0.4 is 0 Å². The Morgan fingerprint density at radius 1 is 1.85 bits per heavy atom. The second kappa shape index (κ2) is 3.17. The second-order valence-electron chi connectivity index (χ2n) is 2.86. The summed E-state index contributed by atoms with van der Waals surface area (Å²) in [5, 5.41) is 0. The van der Waals surface area contributed by atoms with Crippen LogP contribution in [0.3, 0.4) is 0 Å². The SMILES string of the molecule is [2H]c1nc([2H])c([C@]2([2H])CCC(=O)N2C)c([2H])c1[2H]. The highest BCUT2D eigenvalue weighted by Gasteiger charge is 2.28. The van der Waals surface area contributed by atoms with Crippen LogP contribution in [-0.4, -0.2) is 22.8 Å². The number of aromatic nitrogens is 1. The smallest absolute Gasteiger partial charge is 0.222 e. The number of nitrogens with zero attached hydrogens (tertiary/aromatic N) is 2. The first kappa shape index (κ1) is 4.22. The van der Waals surface area contributed by atoms with E-state index in [9.17, 15) is 4.79 Å². The minimum absolute atomic E-state index is 0.0724. The summed E-state index contributed by atoms with van der Waals surface area (Å²) in [6.45, 7) is 0. The average Bonchev–Trinajstić information content (AvgIpc) is 2.55. The van der Waals surface area contributed by atoms with E-state index in [1.807, 2.05) is 0 Å². The van der Waals surface area contributed by atoms with E-state index in [0.29, 0.717) is 0 Å². The fraction of sp³-hybridized carbons (Fsp3) is 0.400. The van der Waals surface area contributed by atoms with Crippen LogP contribution in [-0.2, 0) is 4.79 Å². The minimum atomic E-state index is -1.53. The molecule has 1 amide bonds. The van der Waals surface area contributed by atoms with Gasteiger partial charge >= 0.3 is 0 Å². The standard InChI is InChI=1S/C10H12N2O/c1-12-9(4-5-10(12)13)8-3-2-6-11-7-8/h2-3,6-7,9H,4-5H2,1H3/t9-/m0/s1/i2D,3D,6D,7D,9D. The fourth-order valence-corrected chi connectivity index (χ4v) is 1.37. The molecule has 0 saturated carbocycles. The van der Waals surface area contributed by atoms with E-state index in [1.165, 1.54) is 11.9 Å². The van der Waals surface area contributed by atoms with Crippen molar-refractivity contribution in [2.45, 2.75) is 18.9 Å². The molecule has 1 fully saturated rings. The molecular weight excluding hydrogens is 164 g/mol. The Morgan fingerprint density at radius 2 is 2.69 bits per heavy atom. The average molecular weight is 181 g/mol. The molecule has 3 heteroatoms. The van der Waals surface area contributed by atoms with Crippen LogP contribution in [0.4, 0.5) is 0 Å². The topological polar surface area (TPSA) is 33.2 Å². The molecule has 1 saturated heterocycles. The van der Waals surface area contributed by atoms with Crippen molar-refractivity contribution in [1.29, 1.82) is 0 Å². The van der Waals surface area contributed by atoms with Crippen LogP contribution >= 0.6 is 0 Å². The first-order valence-corrected chi connectivity index (χ1v) is 4.00. The van der Waals surface area contributed by atoms with E-state index in [1.54, 1.807) is 0 Å². The number of hydrogen-bond acceptors (Lipinski definition) is 2. The van der Waals surface area contributed by atoms with Crippen molar-refractivity contribution in [1.82, 2.24) is 9.88 Å². The highest BCUT2D eigenvalue weighted by molar-refractivity contribution is 5.78. The van der Waals surface area contributed by atoms with Gasteiger partial charge in [-0.3, -0.25) is 9.78 Å². The fourth-order valence-electron chi connectivity index (χ4n) is 1.37. The van der Waals surface area contributed by atoms with Crippen molar-refractivity contribution < 1.29 is 11.6 Å². The number of carbonyl (C=O) groups is 1. The Hall–Kier alpha value is -1.38. The van der Waals surface area contributed by atoms with Crippen molar-refractivity contribution in [3.05, 3.63) is 30.0 Å². The molecule has 0 spiro atoms. The molecule has 2 heterocycles. The van der Waals surface area contributed by atoms with Crippen molar-refractivity contribution >= 4 is 5.91 Å². The molecule has 1 aliphatic heterocycles. The van der Waals surface area contributed by atoms with Crippen LogP contribution in [0.2, 0.25) is 0 Å². The highest BCUT2D eigenvalue weighted by Crippen LogP contribution is 2.30. The Balaban J connectivity index is 2.65. The molecule has 0 radical (unpaired) electrons. The van der Waals surface area contributed by atoms with Crippen LogP contribution in [0, 0.1) is 0 Å². The lowest BCUT2D eigenvalue weighted by Gasteiger charge is -2.19. The van der Waals surface area contributed by atoms with E-state index < -0.39 is 18.2 Å². The van der Waals surface area contributed by atoms with E-state index in [2.05, 4.69) is 4.98 Å². The van der Waals surface area contributed by atoms with Gasteiger partial charge in [0.25, 0.3) is 0 Å². The summed E-state index contributed by atoms with van der Waals surface area (Å²) in [4.78, 5) is 16.2.